The maximum absolute atomic E-state index is 13.2. The Kier molecular flexibility index (Phi) is 79.8. The number of carbonyl (C=O) groups excluding carboxylic acids is 4. The Morgan fingerprint density at radius 3 is 0.624 bits per heavy atom. The van der Waals surface area contributed by atoms with Crippen LogP contribution >= 0.6 is 15.6 Å². The van der Waals surface area contributed by atoms with Crippen molar-refractivity contribution in [3.05, 3.63) is 0 Å². The Labute approximate surface area is 670 Å². The van der Waals surface area contributed by atoms with Gasteiger partial charge >= 0.3 is 39.5 Å². The van der Waals surface area contributed by atoms with E-state index in [0.29, 0.717) is 25.7 Å². The van der Waals surface area contributed by atoms with Gasteiger partial charge in [0.1, 0.15) is 19.3 Å². The van der Waals surface area contributed by atoms with Gasteiger partial charge in [-0.05, 0) is 37.5 Å². The molecule has 0 aliphatic heterocycles. The minimum Gasteiger partial charge on any atom is -0.462 e. The predicted molar refractivity (Wildman–Crippen MR) is 451 cm³/mol. The quantitative estimate of drug-likeness (QED) is 0.0222. The van der Waals surface area contributed by atoms with Crippen LogP contribution in [-0.2, 0) is 65.4 Å². The first-order valence-corrected chi connectivity index (χ1v) is 49.5. The monoisotopic (exact) mass is 1590 g/mol. The Morgan fingerprint density at radius 2 is 0.422 bits per heavy atom. The average molecular weight is 1590 g/mol. The number of phosphoric ester groups is 2. The Balaban J connectivity index is 5.24. The number of carbonyl (C=O) groups is 4. The molecule has 0 spiro atoms. The van der Waals surface area contributed by atoms with Gasteiger partial charge in [-0.3, -0.25) is 37.3 Å². The van der Waals surface area contributed by atoms with Gasteiger partial charge in [-0.25, -0.2) is 9.13 Å². The third kappa shape index (κ3) is 83.8. The molecule has 0 heterocycles. The molecule has 0 aliphatic rings. The molecule has 0 saturated heterocycles. The van der Waals surface area contributed by atoms with E-state index in [1.54, 1.807) is 0 Å². The van der Waals surface area contributed by atoms with E-state index < -0.39 is 97.5 Å². The molecule has 0 amide bonds. The van der Waals surface area contributed by atoms with E-state index in [0.717, 1.165) is 102 Å². The summed E-state index contributed by atoms with van der Waals surface area (Å²) in [5, 5.41) is 10.7. The summed E-state index contributed by atoms with van der Waals surface area (Å²) in [6, 6.07) is 0. The summed E-state index contributed by atoms with van der Waals surface area (Å²) in [6.07, 6.45) is 75.0. The zero-order valence-electron chi connectivity index (χ0n) is 71.9. The lowest BCUT2D eigenvalue weighted by molar-refractivity contribution is -0.161. The summed E-state index contributed by atoms with van der Waals surface area (Å²) in [5.74, 6) is -0.499. The molecule has 0 bridgehead atoms. The fourth-order valence-electron chi connectivity index (χ4n) is 14.1. The fraction of sp³-hybridized carbons (Fsp3) is 0.956. The van der Waals surface area contributed by atoms with Gasteiger partial charge in [-0.1, -0.05) is 433 Å². The highest BCUT2D eigenvalue weighted by Crippen LogP contribution is 2.45. The van der Waals surface area contributed by atoms with Gasteiger partial charge in [0.2, 0.25) is 0 Å². The molecule has 0 aromatic rings. The summed E-state index contributed by atoms with van der Waals surface area (Å²) in [5.41, 5.74) is 0. The van der Waals surface area contributed by atoms with Gasteiger partial charge in [0.15, 0.2) is 12.2 Å². The van der Waals surface area contributed by atoms with E-state index in [9.17, 15) is 43.2 Å². The standard InChI is InChI=1S/C90H176O17P2/c1-7-9-11-13-15-17-19-21-22-23-24-25-26-30-33-36-43-49-55-61-67-73-88(93)101-79-86(106-89(94)74-68-62-56-50-44-37-34-31-28-27-29-32-35-40-46-52-58-64-70-82(3)4)81-105-109(98,99)103-77-84(91)76-102-108(96,97)104-80-85(78-100-87(92)72-66-60-54-48-42-20-18-16-14-12-10-8-2)107-90(95)75-69-63-57-51-45-39-38-41-47-53-59-65-71-83(5)6/h82-86,91H,7-81H2,1-6H3,(H,96,97)(H,98,99)/t84-,85+,86+/m0/s1. The molecule has 3 N–H and O–H groups in total. The first-order valence-electron chi connectivity index (χ1n) is 46.5. The van der Waals surface area contributed by atoms with Crippen molar-refractivity contribution in [2.24, 2.45) is 11.8 Å². The molecule has 0 saturated carbocycles. The Morgan fingerprint density at radius 1 is 0.248 bits per heavy atom. The number of aliphatic hydroxyl groups is 1. The number of hydrogen-bond acceptors (Lipinski definition) is 15. The summed E-state index contributed by atoms with van der Waals surface area (Å²) in [6.45, 7) is 9.74. The zero-order valence-corrected chi connectivity index (χ0v) is 73.7. The first-order chi connectivity index (χ1) is 52.9. The van der Waals surface area contributed by atoms with E-state index in [4.69, 9.17) is 37.0 Å². The molecule has 17 nitrogen and oxygen atoms in total. The van der Waals surface area contributed by atoms with Crippen molar-refractivity contribution in [2.75, 3.05) is 39.6 Å². The molecular weight excluding hydrogens is 1410 g/mol. The number of phosphoric acid groups is 2. The second kappa shape index (κ2) is 81.2. The first kappa shape index (κ1) is 107. The molecule has 648 valence electrons. The lowest BCUT2D eigenvalue weighted by Gasteiger charge is -2.21. The highest BCUT2D eigenvalue weighted by Gasteiger charge is 2.31. The van der Waals surface area contributed by atoms with E-state index in [1.165, 1.54) is 302 Å². The number of ether oxygens (including phenoxy) is 4. The van der Waals surface area contributed by atoms with Crippen LogP contribution in [-0.4, -0.2) is 96.7 Å². The lowest BCUT2D eigenvalue weighted by atomic mass is 10.0. The van der Waals surface area contributed by atoms with Crippen molar-refractivity contribution in [3.8, 4) is 0 Å². The molecule has 0 fully saturated rings. The molecule has 0 radical (unpaired) electrons. The van der Waals surface area contributed by atoms with Crippen LogP contribution in [0.4, 0.5) is 0 Å². The van der Waals surface area contributed by atoms with Gasteiger partial charge < -0.3 is 33.8 Å². The van der Waals surface area contributed by atoms with E-state index in [-0.39, 0.29) is 25.7 Å². The van der Waals surface area contributed by atoms with Crippen molar-refractivity contribution in [3.63, 3.8) is 0 Å². The van der Waals surface area contributed by atoms with Crippen LogP contribution in [0.1, 0.15) is 485 Å². The highest BCUT2D eigenvalue weighted by molar-refractivity contribution is 7.47. The molecule has 2 unspecified atom stereocenters. The van der Waals surface area contributed by atoms with Gasteiger partial charge in [-0.15, -0.1) is 0 Å². The van der Waals surface area contributed by atoms with E-state index >= 15 is 0 Å². The number of esters is 4. The van der Waals surface area contributed by atoms with Crippen LogP contribution in [0.5, 0.6) is 0 Å². The molecule has 109 heavy (non-hydrogen) atoms. The van der Waals surface area contributed by atoms with E-state index in [1.807, 2.05) is 0 Å². The van der Waals surface area contributed by atoms with Crippen LogP contribution in [0, 0.1) is 11.8 Å². The molecule has 19 heteroatoms. The molecule has 0 aliphatic carbocycles. The second-order valence-corrected chi connectivity index (χ2v) is 36.2. The largest absolute Gasteiger partial charge is 0.472 e. The zero-order chi connectivity index (χ0) is 79.9. The van der Waals surface area contributed by atoms with Gasteiger partial charge in [0, 0.05) is 25.7 Å². The minimum atomic E-state index is -4.97. The number of rotatable bonds is 89. The Hall–Kier alpha value is -1.94. The van der Waals surface area contributed by atoms with Gasteiger partial charge in [-0.2, -0.15) is 0 Å². The normalized spacial score (nSPS) is 13.8. The predicted octanol–water partition coefficient (Wildman–Crippen LogP) is 27.8. The van der Waals surface area contributed by atoms with Crippen molar-refractivity contribution in [2.45, 2.75) is 503 Å². The smallest absolute Gasteiger partial charge is 0.462 e. The topological polar surface area (TPSA) is 237 Å². The van der Waals surface area contributed by atoms with Crippen LogP contribution in [0.15, 0.2) is 0 Å². The molecule has 0 aromatic heterocycles. The van der Waals surface area contributed by atoms with Crippen molar-refractivity contribution in [1.29, 1.82) is 0 Å². The summed E-state index contributed by atoms with van der Waals surface area (Å²) in [7, 11) is -9.93. The minimum absolute atomic E-state index is 0.108. The highest BCUT2D eigenvalue weighted by atomic mass is 31.2. The van der Waals surface area contributed by atoms with E-state index in [2.05, 4.69) is 41.5 Å². The van der Waals surface area contributed by atoms with Gasteiger partial charge in [0.25, 0.3) is 0 Å². The summed E-state index contributed by atoms with van der Waals surface area (Å²) < 4.78 is 69.0. The van der Waals surface area contributed by atoms with Crippen LogP contribution in [0.2, 0.25) is 0 Å². The SMILES string of the molecule is CCCCCCCCCCCCCCCCCCCCCCCC(=O)OC[C@H](COP(=O)(O)OC[C@@H](O)COP(=O)(O)OC[C@@H](COC(=O)CCCCCCCCCCCCCC)OC(=O)CCCCCCCCCCCCCCC(C)C)OC(=O)CCCCCCCCCCCCCCCCCCCCC(C)C. The van der Waals surface area contributed by atoms with Crippen molar-refractivity contribution >= 4 is 39.5 Å². The van der Waals surface area contributed by atoms with Crippen LogP contribution in [0.3, 0.4) is 0 Å². The Bertz CT molecular complexity index is 2080. The number of hydrogen-bond donors (Lipinski definition) is 3. The van der Waals surface area contributed by atoms with Crippen LogP contribution in [0.25, 0.3) is 0 Å². The van der Waals surface area contributed by atoms with Crippen molar-refractivity contribution in [1.82, 2.24) is 0 Å². The number of aliphatic hydroxyl groups excluding tert-OH is 1. The van der Waals surface area contributed by atoms with Crippen molar-refractivity contribution < 1.29 is 80.2 Å². The molecular formula is C90H176O17P2. The maximum atomic E-state index is 13.2. The fourth-order valence-corrected chi connectivity index (χ4v) is 15.7. The molecule has 0 rings (SSSR count). The lowest BCUT2D eigenvalue weighted by Crippen LogP contribution is -2.30. The summed E-state index contributed by atoms with van der Waals surface area (Å²) >= 11 is 0. The molecule has 0 aromatic carbocycles. The third-order valence-corrected chi connectivity index (χ3v) is 23.1. The third-order valence-electron chi connectivity index (χ3n) is 21.2. The second-order valence-electron chi connectivity index (χ2n) is 33.3. The maximum Gasteiger partial charge on any atom is 0.472 e. The summed E-state index contributed by atoms with van der Waals surface area (Å²) in [4.78, 5) is 73.4. The molecule has 5 atom stereocenters. The average Bonchev–Trinajstić information content (AvgIpc) is 0.900. The van der Waals surface area contributed by atoms with Gasteiger partial charge in [0.05, 0.1) is 26.4 Å². The van der Waals surface area contributed by atoms with Crippen LogP contribution < -0.4 is 0 Å². The number of unbranched alkanes of at least 4 members (excludes halogenated alkanes) is 59.